The van der Waals surface area contributed by atoms with E-state index in [4.69, 9.17) is 4.74 Å². The maximum Gasteiger partial charge on any atom is 0.224 e. The summed E-state index contributed by atoms with van der Waals surface area (Å²) in [6.07, 6.45) is 2.85. The van der Waals surface area contributed by atoms with E-state index in [0.717, 1.165) is 18.4 Å². The lowest BCUT2D eigenvalue weighted by atomic mass is 9.90. The third kappa shape index (κ3) is 4.37. The summed E-state index contributed by atoms with van der Waals surface area (Å²) in [6, 6.07) is 6.39. The van der Waals surface area contributed by atoms with Crippen LogP contribution in [0, 0.1) is 5.82 Å². The molecule has 0 unspecified atom stereocenters. The van der Waals surface area contributed by atoms with Gasteiger partial charge in [0.1, 0.15) is 5.82 Å². The number of piperidine rings is 1. The van der Waals surface area contributed by atoms with Crippen LogP contribution in [0.4, 0.5) is 4.39 Å². The van der Waals surface area contributed by atoms with Crippen molar-refractivity contribution in [3.05, 3.63) is 35.6 Å². The molecule has 2 aliphatic heterocycles. The predicted octanol–water partition coefficient (Wildman–Crippen LogP) is 2.00. The largest absolute Gasteiger partial charge is 0.372 e. The molecular formula is C19H25FN2O3. The van der Waals surface area contributed by atoms with Crippen LogP contribution in [-0.2, 0) is 20.7 Å². The fraction of sp³-hybridized carbons (Fsp3) is 0.579. The number of nitrogens with zero attached hydrogens (tertiary/aromatic N) is 2. The second-order valence-electron chi connectivity index (χ2n) is 7.04. The molecule has 2 heterocycles. The Morgan fingerprint density at radius 2 is 2.08 bits per heavy atom. The van der Waals surface area contributed by atoms with E-state index in [9.17, 15) is 14.0 Å². The Hall–Kier alpha value is -1.95. The van der Waals surface area contributed by atoms with Crippen LogP contribution in [0.25, 0.3) is 0 Å². The Labute approximate surface area is 147 Å². The van der Waals surface area contributed by atoms with Crippen LogP contribution in [0.5, 0.6) is 0 Å². The topological polar surface area (TPSA) is 49.9 Å². The number of rotatable bonds is 3. The van der Waals surface area contributed by atoms with Gasteiger partial charge in [-0.2, -0.15) is 0 Å². The molecule has 5 nitrogen and oxygen atoms in total. The molecule has 0 saturated carbocycles. The zero-order valence-electron chi connectivity index (χ0n) is 14.7. The van der Waals surface area contributed by atoms with Gasteiger partial charge in [-0.3, -0.25) is 9.59 Å². The Kier molecular flexibility index (Phi) is 5.37. The summed E-state index contributed by atoms with van der Waals surface area (Å²) in [5, 5.41) is 0. The standard InChI is InChI=1S/C19H25FN2O3/c1-21-14-19(25-12-7-17(21)23)8-10-22(11-9-19)18(24)6-5-15-3-2-4-16(20)13-15/h2-4,13H,5-12,14H2,1H3. The number of hydrogen-bond acceptors (Lipinski definition) is 3. The van der Waals surface area contributed by atoms with Gasteiger partial charge in [-0.15, -0.1) is 0 Å². The van der Waals surface area contributed by atoms with E-state index in [0.29, 0.717) is 45.5 Å². The molecular weight excluding hydrogens is 323 g/mol. The van der Waals surface area contributed by atoms with Gasteiger partial charge >= 0.3 is 0 Å². The molecule has 1 spiro atoms. The highest BCUT2D eigenvalue weighted by molar-refractivity contribution is 5.77. The number of carbonyl (C=O) groups excluding carboxylic acids is 2. The molecule has 6 heteroatoms. The normalized spacial score (nSPS) is 20.6. The quantitative estimate of drug-likeness (QED) is 0.839. The summed E-state index contributed by atoms with van der Waals surface area (Å²) in [7, 11) is 1.81. The zero-order chi connectivity index (χ0) is 17.9. The summed E-state index contributed by atoms with van der Waals surface area (Å²) < 4.78 is 19.2. The molecule has 0 bridgehead atoms. The lowest BCUT2D eigenvalue weighted by molar-refractivity contribution is -0.139. The van der Waals surface area contributed by atoms with Gasteiger partial charge in [-0.05, 0) is 37.0 Å². The van der Waals surface area contributed by atoms with Crippen molar-refractivity contribution in [1.29, 1.82) is 0 Å². The van der Waals surface area contributed by atoms with E-state index < -0.39 is 0 Å². The lowest BCUT2D eigenvalue weighted by Crippen LogP contribution is -2.52. The van der Waals surface area contributed by atoms with Crippen molar-refractivity contribution in [2.24, 2.45) is 0 Å². The van der Waals surface area contributed by atoms with Crippen molar-refractivity contribution in [3.8, 4) is 0 Å². The minimum atomic E-state index is -0.319. The van der Waals surface area contributed by atoms with Crippen molar-refractivity contribution in [1.82, 2.24) is 9.80 Å². The summed E-state index contributed by atoms with van der Waals surface area (Å²) >= 11 is 0. The van der Waals surface area contributed by atoms with Crippen LogP contribution < -0.4 is 0 Å². The van der Waals surface area contributed by atoms with Crippen molar-refractivity contribution in [2.75, 3.05) is 33.3 Å². The van der Waals surface area contributed by atoms with Gasteiger partial charge in [-0.1, -0.05) is 12.1 Å². The number of likely N-dealkylation sites (N-methyl/N-ethyl adjacent to an activating group) is 1. The van der Waals surface area contributed by atoms with Crippen molar-refractivity contribution in [3.63, 3.8) is 0 Å². The number of ether oxygens (including phenoxy) is 1. The van der Waals surface area contributed by atoms with Gasteiger partial charge in [0, 0.05) is 33.1 Å². The second kappa shape index (κ2) is 7.52. The Morgan fingerprint density at radius 3 is 2.80 bits per heavy atom. The van der Waals surface area contributed by atoms with Gasteiger partial charge in [0.25, 0.3) is 0 Å². The highest BCUT2D eigenvalue weighted by Crippen LogP contribution is 2.30. The number of benzene rings is 1. The maximum absolute atomic E-state index is 13.2. The Balaban J connectivity index is 1.51. The monoisotopic (exact) mass is 348 g/mol. The number of hydrogen-bond donors (Lipinski definition) is 0. The average Bonchev–Trinajstić information content (AvgIpc) is 2.73. The van der Waals surface area contributed by atoms with E-state index in [1.165, 1.54) is 12.1 Å². The Morgan fingerprint density at radius 1 is 1.32 bits per heavy atom. The zero-order valence-corrected chi connectivity index (χ0v) is 14.7. The molecule has 1 aromatic rings. The smallest absolute Gasteiger partial charge is 0.224 e. The van der Waals surface area contributed by atoms with E-state index in [2.05, 4.69) is 0 Å². The molecule has 25 heavy (non-hydrogen) atoms. The fourth-order valence-corrected chi connectivity index (χ4v) is 3.68. The molecule has 2 aliphatic rings. The van der Waals surface area contributed by atoms with Crippen molar-refractivity contribution >= 4 is 11.8 Å². The van der Waals surface area contributed by atoms with Crippen LogP contribution in [0.15, 0.2) is 24.3 Å². The summed E-state index contributed by atoms with van der Waals surface area (Å²) in [4.78, 5) is 27.9. The first-order chi connectivity index (χ1) is 12.0. The van der Waals surface area contributed by atoms with Crippen molar-refractivity contribution in [2.45, 2.75) is 37.7 Å². The number of halogens is 1. The lowest BCUT2D eigenvalue weighted by Gasteiger charge is -2.42. The molecule has 2 amide bonds. The highest BCUT2D eigenvalue weighted by Gasteiger charge is 2.40. The minimum absolute atomic E-state index is 0.0946. The third-order valence-electron chi connectivity index (χ3n) is 5.22. The highest BCUT2D eigenvalue weighted by atomic mass is 19.1. The number of amides is 2. The second-order valence-corrected chi connectivity index (χ2v) is 7.04. The van der Waals surface area contributed by atoms with Crippen molar-refractivity contribution < 1.29 is 18.7 Å². The van der Waals surface area contributed by atoms with Gasteiger partial charge in [0.05, 0.1) is 18.6 Å². The minimum Gasteiger partial charge on any atom is -0.372 e. The molecule has 2 saturated heterocycles. The first-order valence-corrected chi connectivity index (χ1v) is 8.88. The van der Waals surface area contributed by atoms with E-state index >= 15 is 0 Å². The van der Waals surface area contributed by atoms with E-state index in [-0.39, 0.29) is 23.2 Å². The fourth-order valence-electron chi connectivity index (χ4n) is 3.68. The maximum atomic E-state index is 13.2. The first-order valence-electron chi connectivity index (χ1n) is 8.88. The van der Waals surface area contributed by atoms with Crippen LogP contribution in [0.1, 0.15) is 31.2 Å². The van der Waals surface area contributed by atoms with E-state index in [1.54, 1.807) is 11.0 Å². The summed E-state index contributed by atoms with van der Waals surface area (Å²) in [5.41, 5.74) is 0.523. The number of likely N-dealkylation sites (tertiary alicyclic amines) is 1. The van der Waals surface area contributed by atoms with Crippen LogP contribution in [-0.4, -0.2) is 60.5 Å². The number of aryl methyl sites for hydroxylation is 1. The van der Waals surface area contributed by atoms with Gasteiger partial charge in [-0.25, -0.2) is 4.39 Å². The molecule has 0 N–H and O–H groups in total. The first kappa shape index (κ1) is 17.9. The molecule has 0 aromatic heterocycles. The molecule has 2 fully saturated rings. The molecule has 0 aliphatic carbocycles. The SMILES string of the molecule is CN1CC2(CCN(C(=O)CCc3cccc(F)c3)CC2)OCCC1=O. The number of carbonyl (C=O) groups is 2. The van der Waals surface area contributed by atoms with Crippen LogP contribution >= 0.6 is 0 Å². The summed E-state index contributed by atoms with van der Waals surface area (Å²) in [5.74, 6) is -0.0586. The Bertz CT molecular complexity index is 641. The molecule has 1 aromatic carbocycles. The average molecular weight is 348 g/mol. The molecule has 3 rings (SSSR count). The van der Waals surface area contributed by atoms with Gasteiger partial charge in [0.15, 0.2) is 0 Å². The van der Waals surface area contributed by atoms with Gasteiger partial charge < -0.3 is 14.5 Å². The van der Waals surface area contributed by atoms with E-state index in [1.807, 2.05) is 18.0 Å². The molecule has 0 atom stereocenters. The van der Waals surface area contributed by atoms with Gasteiger partial charge in [0.2, 0.25) is 11.8 Å². The molecule has 0 radical (unpaired) electrons. The summed E-state index contributed by atoms with van der Waals surface area (Å²) in [6.45, 7) is 2.34. The van der Waals surface area contributed by atoms with Crippen LogP contribution in [0.3, 0.4) is 0 Å². The van der Waals surface area contributed by atoms with Crippen LogP contribution in [0.2, 0.25) is 0 Å². The third-order valence-corrected chi connectivity index (χ3v) is 5.22. The molecule has 136 valence electrons. The predicted molar refractivity (Wildman–Crippen MR) is 91.5 cm³/mol.